The van der Waals surface area contributed by atoms with E-state index in [1.165, 1.54) is 9.21 Å². The molecule has 0 atom stereocenters. The van der Waals surface area contributed by atoms with Gasteiger partial charge in [0, 0.05) is 20.1 Å². The van der Waals surface area contributed by atoms with Crippen molar-refractivity contribution in [2.24, 2.45) is 0 Å². The molecule has 1 aliphatic rings. The minimum atomic E-state index is -3.22. The van der Waals surface area contributed by atoms with E-state index >= 15 is 0 Å². The van der Waals surface area contributed by atoms with Gasteiger partial charge in [0.25, 0.3) is 0 Å². The fourth-order valence-electron chi connectivity index (χ4n) is 1.48. The van der Waals surface area contributed by atoms with E-state index in [4.69, 9.17) is 5.26 Å². The standard InChI is InChI=1S/C9H15N3O3S/c1-11(5-2-4-10)9(13)8-12-6-3-7-16(12,14)15/h2-3,5-8H2,1H3. The second kappa shape index (κ2) is 5.27. The van der Waals surface area contributed by atoms with Crippen molar-refractivity contribution < 1.29 is 13.2 Å². The number of amides is 1. The third-order valence-corrected chi connectivity index (χ3v) is 4.40. The fraction of sp³-hybridized carbons (Fsp3) is 0.778. The summed E-state index contributed by atoms with van der Waals surface area (Å²) in [4.78, 5) is 13.0. The summed E-state index contributed by atoms with van der Waals surface area (Å²) in [5.41, 5.74) is 0. The number of hydrogen-bond donors (Lipinski definition) is 0. The molecule has 0 saturated carbocycles. The first-order chi connectivity index (χ1) is 7.47. The predicted molar refractivity (Wildman–Crippen MR) is 57.8 cm³/mol. The van der Waals surface area contributed by atoms with Crippen LogP contribution in [-0.4, -0.2) is 56.0 Å². The molecule has 1 aliphatic heterocycles. The molecule has 6 nitrogen and oxygen atoms in total. The van der Waals surface area contributed by atoms with Crippen molar-refractivity contribution in [1.82, 2.24) is 9.21 Å². The molecule has 90 valence electrons. The Hall–Kier alpha value is -1.13. The van der Waals surface area contributed by atoms with E-state index in [0.29, 0.717) is 19.5 Å². The Bertz CT molecular complexity index is 399. The molecule has 7 heteroatoms. The largest absolute Gasteiger partial charge is 0.344 e. The molecular formula is C9H15N3O3S. The lowest BCUT2D eigenvalue weighted by Crippen LogP contribution is -2.39. The summed E-state index contributed by atoms with van der Waals surface area (Å²) in [7, 11) is -1.64. The molecule has 1 heterocycles. The third kappa shape index (κ3) is 3.18. The fourth-order valence-corrected chi connectivity index (χ4v) is 2.95. The molecule has 0 unspecified atom stereocenters. The second-order valence-corrected chi connectivity index (χ2v) is 5.82. The van der Waals surface area contributed by atoms with Crippen LogP contribution in [0.2, 0.25) is 0 Å². The lowest BCUT2D eigenvalue weighted by atomic mass is 10.4. The normalized spacial score (nSPS) is 19.2. The molecule has 1 rings (SSSR count). The van der Waals surface area contributed by atoms with E-state index in [2.05, 4.69) is 0 Å². The van der Waals surface area contributed by atoms with Gasteiger partial charge in [0.1, 0.15) is 0 Å². The predicted octanol–water partition coefficient (Wildman–Crippen LogP) is -0.606. The lowest BCUT2D eigenvalue weighted by molar-refractivity contribution is -0.129. The van der Waals surface area contributed by atoms with Crippen molar-refractivity contribution in [3.8, 4) is 6.07 Å². The second-order valence-electron chi connectivity index (χ2n) is 3.73. The zero-order valence-electron chi connectivity index (χ0n) is 9.22. The molecule has 0 aromatic rings. The first kappa shape index (κ1) is 12.9. The lowest BCUT2D eigenvalue weighted by Gasteiger charge is -2.19. The van der Waals surface area contributed by atoms with Crippen molar-refractivity contribution in [3.63, 3.8) is 0 Å². The van der Waals surface area contributed by atoms with E-state index in [1.807, 2.05) is 6.07 Å². The van der Waals surface area contributed by atoms with Crippen LogP contribution in [0, 0.1) is 11.3 Å². The van der Waals surface area contributed by atoms with E-state index in [1.54, 1.807) is 7.05 Å². The van der Waals surface area contributed by atoms with E-state index < -0.39 is 10.0 Å². The summed E-state index contributed by atoms with van der Waals surface area (Å²) in [5, 5.41) is 8.37. The summed E-state index contributed by atoms with van der Waals surface area (Å²) in [6.45, 7) is 0.646. The summed E-state index contributed by atoms with van der Waals surface area (Å²) >= 11 is 0. The SMILES string of the molecule is CN(CCC#N)C(=O)CN1CCCS1(=O)=O. The van der Waals surface area contributed by atoms with Gasteiger partial charge >= 0.3 is 0 Å². The number of carbonyl (C=O) groups excluding carboxylic acids is 1. The maximum atomic E-state index is 11.6. The van der Waals surface area contributed by atoms with Crippen molar-refractivity contribution in [2.45, 2.75) is 12.8 Å². The number of carbonyl (C=O) groups is 1. The molecule has 1 amide bonds. The molecule has 1 fully saturated rings. The highest BCUT2D eigenvalue weighted by Gasteiger charge is 2.30. The smallest absolute Gasteiger partial charge is 0.237 e. The third-order valence-electron chi connectivity index (χ3n) is 2.50. The van der Waals surface area contributed by atoms with Crippen molar-refractivity contribution in [3.05, 3.63) is 0 Å². The quantitative estimate of drug-likeness (QED) is 0.662. The van der Waals surface area contributed by atoms with Gasteiger partial charge in [0.05, 0.1) is 24.8 Å². The monoisotopic (exact) mass is 245 g/mol. The molecule has 0 aromatic heterocycles. The Labute approximate surface area is 95.5 Å². The highest BCUT2D eigenvalue weighted by Crippen LogP contribution is 2.12. The van der Waals surface area contributed by atoms with Crippen LogP contribution in [0.5, 0.6) is 0 Å². The molecule has 0 aliphatic carbocycles. The highest BCUT2D eigenvalue weighted by molar-refractivity contribution is 7.89. The van der Waals surface area contributed by atoms with E-state index in [9.17, 15) is 13.2 Å². The molecule has 16 heavy (non-hydrogen) atoms. The van der Waals surface area contributed by atoms with Crippen LogP contribution in [0.25, 0.3) is 0 Å². The number of sulfonamides is 1. The van der Waals surface area contributed by atoms with Gasteiger partial charge < -0.3 is 4.90 Å². The first-order valence-corrected chi connectivity index (χ1v) is 6.67. The van der Waals surface area contributed by atoms with Gasteiger partial charge in [-0.05, 0) is 6.42 Å². The average molecular weight is 245 g/mol. The number of likely N-dealkylation sites (N-methyl/N-ethyl adjacent to an activating group) is 1. The minimum Gasteiger partial charge on any atom is -0.344 e. The zero-order chi connectivity index (χ0) is 12.2. The van der Waals surface area contributed by atoms with Gasteiger partial charge in [0.2, 0.25) is 15.9 Å². The molecule has 0 aromatic carbocycles. The molecule has 0 N–H and O–H groups in total. The van der Waals surface area contributed by atoms with Crippen LogP contribution in [-0.2, 0) is 14.8 Å². The zero-order valence-corrected chi connectivity index (χ0v) is 10.0. The Morgan fingerprint density at radius 2 is 2.25 bits per heavy atom. The Morgan fingerprint density at radius 3 is 2.75 bits per heavy atom. The van der Waals surface area contributed by atoms with E-state index in [-0.39, 0.29) is 24.6 Å². The summed E-state index contributed by atoms with van der Waals surface area (Å²) in [5.74, 6) is -0.136. The number of rotatable bonds is 4. The number of nitriles is 1. The molecule has 1 saturated heterocycles. The van der Waals surface area contributed by atoms with Crippen LogP contribution in [0.4, 0.5) is 0 Å². The molecule has 0 bridgehead atoms. The van der Waals surface area contributed by atoms with Crippen molar-refractivity contribution in [1.29, 1.82) is 5.26 Å². The van der Waals surface area contributed by atoms with Crippen molar-refractivity contribution >= 4 is 15.9 Å². The minimum absolute atomic E-state index is 0.107. The van der Waals surface area contributed by atoms with Gasteiger partial charge in [-0.1, -0.05) is 0 Å². The number of nitrogens with zero attached hydrogens (tertiary/aromatic N) is 3. The maximum absolute atomic E-state index is 11.6. The van der Waals surface area contributed by atoms with Crippen LogP contribution in [0.1, 0.15) is 12.8 Å². The molecule has 0 radical (unpaired) electrons. The Kier molecular flexibility index (Phi) is 4.26. The van der Waals surface area contributed by atoms with Gasteiger partial charge in [-0.25, -0.2) is 8.42 Å². The summed E-state index contributed by atoms with van der Waals surface area (Å²) in [6, 6.07) is 1.94. The summed E-state index contributed by atoms with van der Waals surface area (Å²) < 4.78 is 24.1. The average Bonchev–Trinajstić information content (AvgIpc) is 2.54. The van der Waals surface area contributed by atoms with Crippen LogP contribution >= 0.6 is 0 Å². The summed E-state index contributed by atoms with van der Waals surface area (Å²) in [6.07, 6.45) is 0.840. The number of hydrogen-bond acceptors (Lipinski definition) is 4. The van der Waals surface area contributed by atoms with Gasteiger partial charge in [-0.15, -0.1) is 0 Å². The molecule has 0 spiro atoms. The van der Waals surface area contributed by atoms with Crippen molar-refractivity contribution in [2.75, 3.05) is 32.4 Å². The Morgan fingerprint density at radius 1 is 1.56 bits per heavy atom. The molecular weight excluding hydrogens is 230 g/mol. The van der Waals surface area contributed by atoms with E-state index in [0.717, 1.165) is 0 Å². The first-order valence-electron chi connectivity index (χ1n) is 5.06. The van der Waals surface area contributed by atoms with Gasteiger partial charge in [-0.3, -0.25) is 4.79 Å². The van der Waals surface area contributed by atoms with Gasteiger partial charge in [-0.2, -0.15) is 9.57 Å². The Balaban J connectivity index is 2.49. The van der Waals surface area contributed by atoms with Crippen LogP contribution in [0.3, 0.4) is 0 Å². The topological polar surface area (TPSA) is 81.5 Å². The van der Waals surface area contributed by atoms with Crippen LogP contribution < -0.4 is 0 Å². The van der Waals surface area contributed by atoms with Gasteiger partial charge in [0.15, 0.2) is 0 Å². The highest BCUT2D eigenvalue weighted by atomic mass is 32.2. The van der Waals surface area contributed by atoms with Crippen LogP contribution in [0.15, 0.2) is 0 Å². The maximum Gasteiger partial charge on any atom is 0.237 e.